The van der Waals surface area contributed by atoms with E-state index in [2.05, 4.69) is 5.10 Å². The van der Waals surface area contributed by atoms with Crippen LogP contribution in [-0.2, 0) is 12.8 Å². The Balaban J connectivity index is 2.20. The minimum Gasteiger partial charge on any atom is -0.382 e. The van der Waals surface area contributed by atoms with Gasteiger partial charge in [0.05, 0.1) is 5.69 Å². The highest BCUT2D eigenvalue weighted by atomic mass is 19.1. The van der Waals surface area contributed by atoms with Gasteiger partial charge in [-0.05, 0) is 44.7 Å². The average molecular weight is 245 g/mol. The molecule has 1 aromatic heterocycles. The van der Waals surface area contributed by atoms with Gasteiger partial charge in [-0.1, -0.05) is 6.07 Å². The summed E-state index contributed by atoms with van der Waals surface area (Å²) in [6, 6.07) is 5.07. The topological polar surface area (TPSA) is 43.8 Å². The maximum atomic E-state index is 13.6. The summed E-state index contributed by atoms with van der Waals surface area (Å²) >= 11 is 0. The van der Waals surface area contributed by atoms with E-state index in [1.807, 2.05) is 10.7 Å². The van der Waals surface area contributed by atoms with Crippen LogP contribution >= 0.6 is 0 Å². The molecule has 2 N–H and O–H groups in total. The molecule has 0 saturated heterocycles. The number of benzene rings is 1. The lowest BCUT2D eigenvalue weighted by Gasteiger charge is -2.15. The second-order valence-electron chi connectivity index (χ2n) is 4.81. The van der Waals surface area contributed by atoms with E-state index >= 15 is 0 Å². The molecule has 0 fully saturated rings. The van der Waals surface area contributed by atoms with Crippen LogP contribution in [0.25, 0.3) is 5.69 Å². The standard InChI is InChI=1S/C14H16FN3/c1-9-11(15)6-4-8-12(9)18-13-7-3-2-5-10(13)14(16)17-18/h4,6,8H,2-3,5,7H2,1H3,(H2,16,17). The maximum absolute atomic E-state index is 13.6. The van der Waals surface area contributed by atoms with Crippen LogP contribution in [0.5, 0.6) is 0 Å². The summed E-state index contributed by atoms with van der Waals surface area (Å²) in [6.07, 6.45) is 4.25. The number of nitrogens with zero attached hydrogens (tertiary/aromatic N) is 2. The predicted molar refractivity (Wildman–Crippen MR) is 69.3 cm³/mol. The largest absolute Gasteiger partial charge is 0.382 e. The summed E-state index contributed by atoms with van der Waals surface area (Å²) in [5, 5.41) is 4.39. The van der Waals surface area contributed by atoms with Crippen LogP contribution in [0.4, 0.5) is 10.2 Å². The van der Waals surface area contributed by atoms with Gasteiger partial charge in [-0.3, -0.25) is 0 Å². The highest BCUT2D eigenvalue weighted by Gasteiger charge is 2.21. The Bertz CT molecular complexity index is 601. The van der Waals surface area contributed by atoms with Gasteiger partial charge in [0.25, 0.3) is 0 Å². The summed E-state index contributed by atoms with van der Waals surface area (Å²) < 4.78 is 15.5. The van der Waals surface area contributed by atoms with Gasteiger partial charge in [0.1, 0.15) is 11.6 Å². The van der Waals surface area contributed by atoms with Crippen molar-refractivity contribution in [2.24, 2.45) is 0 Å². The third-order valence-corrected chi connectivity index (χ3v) is 3.68. The average Bonchev–Trinajstić information content (AvgIpc) is 2.71. The van der Waals surface area contributed by atoms with Crippen LogP contribution in [0.15, 0.2) is 18.2 Å². The number of fused-ring (bicyclic) bond motifs is 1. The fraction of sp³-hybridized carbons (Fsp3) is 0.357. The molecule has 3 nitrogen and oxygen atoms in total. The number of nitrogen functional groups attached to an aromatic ring is 1. The molecule has 4 heteroatoms. The van der Waals surface area contributed by atoms with E-state index in [4.69, 9.17) is 5.73 Å². The highest BCUT2D eigenvalue weighted by molar-refractivity contribution is 5.50. The van der Waals surface area contributed by atoms with Gasteiger partial charge in [-0.15, -0.1) is 0 Å². The fourth-order valence-electron chi connectivity index (χ4n) is 2.65. The van der Waals surface area contributed by atoms with Crippen molar-refractivity contribution < 1.29 is 4.39 Å². The molecule has 0 amide bonds. The van der Waals surface area contributed by atoms with Gasteiger partial charge in [-0.2, -0.15) is 5.10 Å². The third-order valence-electron chi connectivity index (χ3n) is 3.68. The number of hydrogen-bond donors (Lipinski definition) is 1. The normalized spacial score (nSPS) is 14.6. The van der Waals surface area contributed by atoms with Crippen LogP contribution in [-0.4, -0.2) is 9.78 Å². The molecule has 2 aromatic rings. The van der Waals surface area contributed by atoms with Gasteiger partial charge in [0.2, 0.25) is 0 Å². The quantitative estimate of drug-likeness (QED) is 0.839. The fourth-order valence-corrected chi connectivity index (χ4v) is 2.65. The van der Waals surface area contributed by atoms with Crippen molar-refractivity contribution in [3.63, 3.8) is 0 Å². The molecule has 0 saturated carbocycles. The van der Waals surface area contributed by atoms with Gasteiger partial charge >= 0.3 is 0 Å². The predicted octanol–water partition coefficient (Wildman–Crippen LogP) is 2.78. The molecule has 0 atom stereocenters. The van der Waals surface area contributed by atoms with Gasteiger partial charge in [0.15, 0.2) is 0 Å². The molecule has 1 aliphatic rings. The van der Waals surface area contributed by atoms with E-state index in [1.54, 1.807) is 13.0 Å². The van der Waals surface area contributed by atoms with Gasteiger partial charge in [-0.25, -0.2) is 9.07 Å². The zero-order valence-corrected chi connectivity index (χ0v) is 10.4. The Morgan fingerprint density at radius 2 is 2.06 bits per heavy atom. The van der Waals surface area contributed by atoms with Crippen molar-refractivity contribution >= 4 is 5.82 Å². The summed E-state index contributed by atoms with van der Waals surface area (Å²) in [5.74, 6) is 0.388. The zero-order valence-electron chi connectivity index (χ0n) is 10.4. The summed E-state index contributed by atoms with van der Waals surface area (Å²) in [6.45, 7) is 1.78. The van der Waals surface area contributed by atoms with Gasteiger partial charge < -0.3 is 5.73 Å². The zero-order chi connectivity index (χ0) is 12.7. The van der Waals surface area contributed by atoms with Crippen LogP contribution in [0.2, 0.25) is 0 Å². The van der Waals surface area contributed by atoms with E-state index in [9.17, 15) is 4.39 Å². The first-order chi connectivity index (χ1) is 8.68. The van der Waals surface area contributed by atoms with Crippen LogP contribution < -0.4 is 5.73 Å². The van der Waals surface area contributed by atoms with Crippen LogP contribution in [0, 0.1) is 12.7 Å². The van der Waals surface area contributed by atoms with E-state index in [1.165, 1.54) is 6.07 Å². The molecular weight excluding hydrogens is 229 g/mol. The third kappa shape index (κ3) is 1.60. The summed E-state index contributed by atoms with van der Waals surface area (Å²) in [4.78, 5) is 0. The number of hydrogen-bond acceptors (Lipinski definition) is 2. The van der Waals surface area contributed by atoms with Crippen molar-refractivity contribution in [1.29, 1.82) is 0 Å². The molecular formula is C14H16FN3. The molecule has 1 heterocycles. The lowest BCUT2D eigenvalue weighted by atomic mass is 9.97. The number of halogens is 1. The summed E-state index contributed by atoms with van der Waals surface area (Å²) in [7, 11) is 0. The van der Waals surface area contributed by atoms with Gasteiger partial charge in [0, 0.05) is 16.8 Å². The molecule has 0 radical (unpaired) electrons. The molecule has 0 unspecified atom stereocenters. The van der Waals surface area contributed by atoms with E-state index in [0.717, 1.165) is 42.6 Å². The molecule has 1 aliphatic carbocycles. The monoisotopic (exact) mass is 245 g/mol. The second-order valence-corrected chi connectivity index (χ2v) is 4.81. The minimum atomic E-state index is -0.203. The van der Waals surface area contributed by atoms with Crippen molar-refractivity contribution in [3.8, 4) is 5.69 Å². The van der Waals surface area contributed by atoms with Crippen molar-refractivity contribution in [1.82, 2.24) is 9.78 Å². The van der Waals surface area contributed by atoms with E-state index in [0.29, 0.717) is 11.4 Å². The number of aromatic nitrogens is 2. The smallest absolute Gasteiger partial charge is 0.149 e. The number of nitrogens with two attached hydrogens (primary N) is 1. The van der Waals surface area contributed by atoms with Crippen molar-refractivity contribution in [3.05, 3.63) is 40.8 Å². The second kappa shape index (κ2) is 4.12. The molecule has 0 aliphatic heterocycles. The Labute approximate surface area is 105 Å². The molecule has 94 valence electrons. The SMILES string of the molecule is Cc1c(F)cccc1-n1nc(N)c2c1CCCC2. The summed E-state index contributed by atoms with van der Waals surface area (Å²) in [5.41, 5.74) is 9.67. The minimum absolute atomic E-state index is 0.203. The van der Waals surface area contributed by atoms with Crippen molar-refractivity contribution in [2.75, 3.05) is 5.73 Å². The maximum Gasteiger partial charge on any atom is 0.149 e. The molecule has 3 rings (SSSR count). The van der Waals surface area contributed by atoms with Crippen LogP contribution in [0.3, 0.4) is 0 Å². The lowest BCUT2D eigenvalue weighted by molar-refractivity contribution is 0.611. The molecule has 0 spiro atoms. The Morgan fingerprint density at radius 3 is 2.89 bits per heavy atom. The Hall–Kier alpha value is -1.84. The first-order valence-corrected chi connectivity index (χ1v) is 6.30. The first kappa shape index (κ1) is 11.3. The molecule has 1 aromatic carbocycles. The van der Waals surface area contributed by atoms with Crippen molar-refractivity contribution in [2.45, 2.75) is 32.6 Å². The lowest BCUT2D eigenvalue weighted by Crippen LogP contribution is -2.09. The Kier molecular flexibility index (Phi) is 2.58. The molecule has 18 heavy (non-hydrogen) atoms. The van der Waals surface area contributed by atoms with E-state index < -0.39 is 0 Å². The number of rotatable bonds is 1. The number of anilines is 1. The Morgan fingerprint density at radius 1 is 1.28 bits per heavy atom. The van der Waals surface area contributed by atoms with Crippen LogP contribution in [0.1, 0.15) is 29.7 Å². The highest BCUT2D eigenvalue weighted by Crippen LogP contribution is 2.29. The van der Waals surface area contributed by atoms with E-state index in [-0.39, 0.29) is 5.82 Å². The first-order valence-electron chi connectivity index (χ1n) is 6.30. The molecule has 0 bridgehead atoms.